The van der Waals surface area contributed by atoms with Crippen LogP contribution in [0.3, 0.4) is 0 Å². The van der Waals surface area contributed by atoms with E-state index in [-0.39, 0.29) is 34.7 Å². The highest BCUT2D eigenvalue weighted by Crippen LogP contribution is 2.52. The van der Waals surface area contributed by atoms with Crippen molar-refractivity contribution in [1.29, 1.82) is 0 Å². The molecule has 1 unspecified atom stereocenters. The van der Waals surface area contributed by atoms with Crippen LogP contribution in [0, 0.1) is 0 Å². The number of imidazole rings is 1. The Morgan fingerprint density at radius 2 is 1.65 bits per heavy atom. The third-order valence-corrected chi connectivity index (χ3v) is 18.2. The summed E-state index contributed by atoms with van der Waals surface area (Å²) in [5.41, 5.74) is 5.42. The largest absolute Gasteiger partial charge is 0.414 e. The van der Waals surface area contributed by atoms with Crippen molar-refractivity contribution in [3.63, 3.8) is 0 Å². The highest BCUT2D eigenvalue weighted by atomic mass is 28.5. The molecule has 0 bridgehead atoms. The first-order chi connectivity index (χ1) is 17.2. The third kappa shape index (κ3) is 4.40. The molecule has 13 heteroatoms. The first kappa shape index (κ1) is 28.4. The molecule has 0 radical (unpaired) electrons. The van der Waals surface area contributed by atoms with Crippen LogP contribution in [0.25, 0.3) is 11.2 Å². The van der Waals surface area contributed by atoms with E-state index >= 15 is 4.39 Å². The fourth-order valence-electron chi connectivity index (χ4n) is 5.93. The Labute approximate surface area is 221 Å². The van der Waals surface area contributed by atoms with Gasteiger partial charge in [-0.1, -0.05) is 55.4 Å². The fourth-order valence-corrected chi connectivity index (χ4v) is 17.2. The average Bonchev–Trinajstić information content (AvgIpc) is 3.30. The maximum atomic E-state index is 17.0. The maximum absolute atomic E-state index is 17.0. The van der Waals surface area contributed by atoms with Gasteiger partial charge in [0, 0.05) is 7.05 Å². The number of nitrogens with two attached hydrogens (primary N) is 1. The van der Waals surface area contributed by atoms with E-state index in [1.165, 1.54) is 13.3 Å². The van der Waals surface area contributed by atoms with E-state index in [0.717, 1.165) is 0 Å². The second-order valence-corrected chi connectivity index (χ2v) is 20.5. The van der Waals surface area contributed by atoms with Gasteiger partial charge in [-0.2, -0.15) is 9.97 Å². The molecule has 0 aliphatic carbocycles. The standard InChI is InChI=1S/C24H43FN6O4Si2/c1-13(2)36(14(3)4)32-11-17-19(34-37(35-36,15(5)6)16(7)8)24(9,25)22(33-17)31-12-28-18-20(27-10)29-23(26)30-21(18)31/h12-17,19,22H,11H2,1-10H3,(H3,26,27,29,30)/t17?,19-,22-,24-/m1/s1. The highest BCUT2D eigenvalue weighted by molar-refractivity contribution is 6.84. The average molecular weight is 555 g/mol. The minimum Gasteiger partial charge on any atom is -0.414 e. The van der Waals surface area contributed by atoms with E-state index in [4.69, 9.17) is 23.4 Å². The number of fused-ring (bicyclic) bond motifs is 2. The number of aromatic nitrogens is 4. The Bertz CT molecular complexity index is 1110. The molecule has 2 aromatic heterocycles. The first-order valence-corrected chi connectivity index (χ1v) is 17.2. The van der Waals surface area contributed by atoms with Gasteiger partial charge in [0.2, 0.25) is 5.95 Å². The normalized spacial score (nSPS) is 29.8. The molecule has 0 amide bonds. The Morgan fingerprint density at radius 3 is 2.19 bits per heavy atom. The number of anilines is 2. The molecule has 2 aliphatic heterocycles. The second-order valence-electron chi connectivity index (χ2n) is 11.7. The zero-order valence-electron chi connectivity index (χ0n) is 23.7. The molecule has 2 aromatic rings. The smallest absolute Gasteiger partial charge is 0.335 e. The van der Waals surface area contributed by atoms with E-state index in [1.807, 2.05) is 0 Å². The van der Waals surface area contributed by atoms with E-state index in [2.05, 4.69) is 75.7 Å². The van der Waals surface area contributed by atoms with Crippen LogP contribution in [0.2, 0.25) is 22.2 Å². The van der Waals surface area contributed by atoms with Crippen molar-refractivity contribution in [3.05, 3.63) is 6.33 Å². The zero-order chi connectivity index (χ0) is 27.5. The summed E-state index contributed by atoms with van der Waals surface area (Å²) >= 11 is 0. The number of nitrogens with zero attached hydrogens (tertiary/aromatic N) is 4. The van der Waals surface area contributed by atoms with E-state index in [1.54, 1.807) is 11.6 Å². The number of alkyl halides is 1. The molecule has 2 fully saturated rings. The Hall–Kier alpha value is -1.65. The second kappa shape index (κ2) is 9.83. The number of hydrogen-bond acceptors (Lipinski definition) is 9. The van der Waals surface area contributed by atoms with Crippen molar-refractivity contribution >= 4 is 40.1 Å². The van der Waals surface area contributed by atoms with E-state index in [9.17, 15) is 0 Å². The van der Waals surface area contributed by atoms with Crippen molar-refractivity contribution in [1.82, 2.24) is 19.5 Å². The number of ether oxygens (including phenoxy) is 1. The number of nitrogens with one attached hydrogen (secondary N) is 1. The summed E-state index contributed by atoms with van der Waals surface area (Å²) in [5.74, 6) is 0.529. The predicted octanol–water partition coefficient (Wildman–Crippen LogP) is 5.03. The van der Waals surface area contributed by atoms with Crippen molar-refractivity contribution in [3.8, 4) is 0 Å². The molecule has 0 saturated carbocycles. The van der Waals surface area contributed by atoms with Crippen molar-refractivity contribution < 1.29 is 22.1 Å². The Kier molecular flexibility index (Phi) is 7.54. The lowest BCUT2D eigenvalue weighted by Gasteiger charge is -2.51. The predicted molar refractivity (Wildman–Crippen MR) is 147 cm³/mol. The van der Waals surface area contributed by atoms with Crippen LogP contribution in [0.15, 0.2) is 6.33 Å². The molecule has 2 saturated heterocycles. The molecular weight excluding hydrogens is 511 g/mol. The quantitative estimate of drug-likeness (QED) is 0.474. The molecule has 208 valence electrons. The van der Waals surface area contributed by atoms with Crippen LogP contribution < -0.4 is 11.1 Å². The molecule has 0 spiro atoms. The lowest BCUT2D eigenvalue weighted by Crippen LogP contribution is -2.66. The molecule has 4 rings (SSSR count). The van der Waals surface area contributed by atoms with Gasteiger partial charge in [0.05, 0.1) is 12.9 Å². The van der Waals surface area contributed by atoms with Crippen LogP contribution in [0.1, 0.15) is 68.5 Å². The van der Waals surface area contributed by atoms with Crippen molar-refractivity contribution in [2.75, 3.05) is 24.7 Å². The van der Waals surface area contributed by atoms with Gasteiger partial charge in [0.25, 0.3) is 0 Å². The summed E-state index contributed by atoms with van der Waals surface area (Å²) in [6, 6.07) is 0. The van der Waals surface area contributed by atoms with Crippen LogP contribution in [0.4, 0.5) is 16.2 Å². The lowest BCUT2D eigenvalue weighted by molar-refractivity contribution is -0.0594. The summed E-state index contributed by atoms with van der Waals surface area (Å²) < 4.78 is 46.0. The minimum atomic E-state index is -3.01. The Balaban J connectivity index is 1.83. The number of rotatable bonds is 6. The summed E-state index contributed by atoms with van der Waals surface area (Å²) in [4.78, 5) is 13.0. The van der Waals surface area contributed by atoms with Gasteiger partial charge in [-0.15, -0.1) is 0 Å². The molecule has 4 heterocycles. The van der Waals surface area contributed by atoms with Gasteiger partial charge in [-0.05, 0) is 29.1 Å². The molecule has 37 heavy (non-hydrogen) atoms. The van der Waals surface area contributed by atoms with Gasteiger partial charge < -0.3 is 28.8 Å². The molecule has 4 atom stereocenters. The van der Waals surface area contributed by atoms with E-state index in [0.29, 0.717) is 17.0 Å². The van der Waals surface area contributed by atoms with Crippen LogP contribution in [0.5, 0.6) is 0 Å². The molecular formula is C24H43FN6O4Si2. The third-order valence-electron chi connectivity index (χ3n) is 7.93. The molecule has 0 aromatic carbocycles. The maximum Gasteiger partial charge on any atom is 0.335 e. The van der Waals surface area contributed by atoms with Gasteiger partial charge in [-0.25, -0.2) is 9.37 Å². The van der Waals surface area contributed by atoms with Gasteiger partial charge in [0.15, 0.2) is 28.9 Å². The van der Waals surface area contributed by atoms with Crippen molar-refractivity contribution in [2.45, 2.75) is 109 Å². The molecule has 3 N–H and O–H groups in total. The Morgan fingerprint density at radius 1 is 1.05 bits per heavy atom. The topological polar surface area (TPSA) is 119 Å². The summed E-state index contributed by atoms with van der Waals surface area (Å²) in [6.45, 7) is 18.8. The number of hydrogen-bond donors (Lipinski definition) is 2. The van der Waals surface area contributed by atoms with Crippen LogP contribution in [-0.2, 0) is 17.7 Å². The van der Waals surface area contributed by atoms with Gasteiger partial charge >= 0.3 is 17.1 Å². The molecule has 2 aliphatic rings. The van der Waals surface area contributed by atoms with Crippen molar-refractivity contribution in [2.24, 2.45) is 0 Å². The highest BCUT2D eigenvalue weighted by Gasteiger charge is 2.65. The monoisotopic (exact) mass is 554 g/mol. The van der Waals surface area contributed by atoms with Crippen LogP contribution >= 0.6 is 0 Å². The number of nitrogen functional groups attached to an aromatic ring is 1. The summed E-state index contributed by atoms with van der Waals surface area (Å²) in [5, 5.41) is 2.98. The van der Waals surface area contributed by atoms with E-state index < -0.39 is 41.2 Å². The number of halogens is 1. The minimum absolute atomic E-state index is 0.0619. The summed E-state index contributed by atoms with van der Waals surface area (Å²) in [7, 11) is -4.06. The van der Waals surface area contributed by atoms with Crippen LogP contribution in [-0.4, -0.2) is 68.2 Å². The van der Waals surface area contributed by atoms with Gasteiger partial charge in [0.1, 0.15) is 12.2 Å². The van der Waals surface area contributed by atoms with Gasteiger partial charge in [-0.3, -0.25) is 4.57 Å². The summed E-state index contributed by atoms with van der Waals surface area (Å²) in [6.07, 6.45) is -1.04. The SMILES string of the molecule is CNc1nc(N)nc2c1ncn2[C@@H]1OC2CO[Si](C(C)C)(C(C)C)O[Si](C(C)C)(C(C)C)O[C@H]2[C@@]1(C)F. The zero-order valence-corrected chi connectivity index (χ0v) is 25.7. The molecule has 10 nitrogen and oxygen atoms in total. The first-order valence-electron chi connectivity index (χ1n) is 13.2. The lowest BCUT2D eigenvalue weighted by atomic mass is 9.98. The fraction of sp³-hybridized carbons (Fsp3) is 0.792.